The molecule has 0 unspecified atom stereocenters. The molecule has 6 nitrogen and oxygen atoms in total. The summed E-state index contributed by atoms with van der Waals surface area (Å²) >= 11 is 6.15. The second-order valence-electron chi connectivity index (χ2n) is 6.26. The van der Waals surface area contributed by atoms with Gasteiger partial charge in [-0.05, 0) is 50.2 Å². The van der Waals surface area contributed by atoms with Crippen molar-refractivity contribution in [2.45, 2.75) is 33.2 Å². The molecule has 0 saturated carbocycles. The van der Waals surface area contributed by atoms with Crippen molar-refractivity contribution < 1.29 is 14.4 Å². The molecule has 3 amide bonds. The molecule has 0 aliphatic heterocycles. The number of anilines is 2. The van der Waals surface area contributed by atoms with E-state index in [0.717, 1.165) is 0 Å². The third kappa shape index (κ3) is 5.82. The minimum absolute atomic E-state index is 0.00714. The van der Waals surface area contributed by atoms with E-state index in [4.69, 9.17) is 11.6 Å². The fourth-order valence-corrected chi connectivity index (χ4v) is 2.45. The third-order valence-corrected chi connectivity index (χ3v) is 3.96. The number of carbonyl (C=O) groups is 3. The molecule has 0 aromatic heterocycles. The Hall–Kier alpha value is -2.86. The van der Waals surface area contributed by atoms with Crippen LogP contribution in [0.3, 0.4) is 0 Å². The molecular weight excluding hydrogens is 366 g/mol. The summed E-state index contributed by atoms with van der Waals surface area (Å²) < 4.78 is 0. The van der Waals surface area contributed by atoms with Crippen LogP contribution >= 0.6 is 11.6 Å². The van der Waals surface area contributed by atoms with Gasteiger partial charge in [-0.1, -0.05) is 24.6 Å². The molecule has 2 aromatic rings. The Morgan fingerprint density at radius 2 is 1.67 bits per heavy atom. The zero-order valence-corrected chi connectivity index (χ0v) is 16.2. The van der Waals surface area contributed by atoms with Crippen molar-refractivity contribution in [2.75, 3.05) is 10.6 Å². The Morgan fingerprint density at radius 1 is 0.963 bits per heavy atom. The van der Waals surface area contributed by atoms with Crippen LogP contribution in [0.4, 0.5) is 11.4 Å². The second kappa shape index (κ2) is 9.19. The maximum atomic E-state index is 12.5. The lowest BCUT2D eigenvalue weighted by molar-refractivity contribution is -0.115. The SMILES string of the molecule is CCC(=O)Nc1cccc(C(=O)Nc2cc(C(=O)NC(C)C)ccc2Cl)c1. The standard InChI is InChI=1S/C20H22ClN3O3/c1-4-18(25)23-15-7-5-6-13(10-15)20(27)24-17-11-14(8-9-16(17)21)19(26)22-12(2)3/h5-12H,4H2,1-3H3,(H,22,26)(H,23,25)(H,24,27). The van der Waals surface area contributed by atoms with Crippen LogP contribution < -0.4 is 16.0 Å². The van der Waals surface area contributed by atoms with E-state index in [1.54, 1.807) is 43.3 Å². The first-order valence-corrected chi connectivity index (χ1v) is 8.99. The van der Waals surface area contributed by atoms with Gasteiger partial charge in [0.25, 0.3) is 11.8 Å². The molecule has 0 spiro atoms. The third-order valence-electron chi connectivity index (χ3n) is 3.63. The van der Waals surface area contributed by atoms with Gasteiger partial charge in [-0.25, -0.2) is 0 Å². The molecule has 0 aliphatic rings. The zero-order chi connectivity index (χ0) is 20.0. The van der Waals surface area contributed by atoms with Crippen molar-refractivity contribution in [2.24, 2.45) is 0 Å². The molecule has 0 heterocycles. The van der Waals surface area contributed by atoms with Crippen LogP contribution in [0.15, 0.2) is 42.5 Å². The lowest BCUT2D eigenvalue weighted by Crippen LogP contribution is -2.30. The summed E-state index contributed by atoms with van der Waals surface area (Å²) in [6.45, 7) is 5.47. The fraction of sp³-hybridized carbons (Fsp3) is 0.250. The molecule has 0 bridgehead atoms. The molecule has 0 aliphatic carbocycles. The van der Waals surface area contributed by atoms with Gasteiger partial charge in [0.2, 0.25) is 5.91 Å². The molecule has 27 heavy (non-hydrogen) atoms. The van der Waals surface area contributed by atoms with Crippen molar-refractivity contribution in [1.29, 1.82) is 0 Å². The lowest BCUT2D eigenvalue weighted by Gasteiger charge is -2.12. The molecule has 0 fully saturated rings. The van der Waals surface area contributed by atoms with Crippen molar-refractivity contribution >= 4 is 40.7 Å². The minimum Gasteiger partial charge on any atom is -0.350 e. The van der Waals surface area contributed by atoms with Gasteiger partial charge in [0.05, 0.1) is 10.7 Å². The van der Waals surface area contributed by atoms with Gasteiger partial charge in [0, 0.05) is 29.3 Å². The number of rotatable bonds is 6. The van der Waals surface area contributed by atoms with Gasteiger partial charge in [-0.2, -0.15) is 0 Å². The van der Waals surface area contributed by atoms with Crippen molar-refractivity contribution in [1.82, 2.24) is 5.32 Å². The second-order valence-corrected chi connectivity index (χ2v) is 6.67. The highest BCUT2D eigenvalue weighted by Gasteiger charge is 2.13. The highest BCUT2D eigenvalue weighted by molar-refractivity contribution is 6.34. The van der Waals surface area contributed by atoms with E-state index in [0.29, 0.717) is 33.9 Å². The highest BCUT2D eigenvalue weighted by Crippen LogP contribution is 2.24. The van der Waals surface area contributed by atoms with E-state index in [1.807, 2.05) is 13.8 Å². The number of carbonyl (C=O) groups excluding carboxylic acids is 3. The molecule has 2 aromatic carbocycles. The molecule has 142 valence electrons. The summed E-state index contributed by atoms with van der Waals surface area (Å²) in [7, 11) is 0. The van der Waals surface area contributed by atoms with Crippen LogP contribution in [0.5, 0.6) is 0 Å². The number of benzene rings is 2. The zero-order valence-electron chi connectivity index (χ0n) is 15.4. The van der Waals surface area contributed by atoms with Crippen LogP contribution in [0.1, 0.15) is 47.9 Å². The first-order valence-electron chi connectivity index (χ1n) is 8.61. The first-order chi connectivity index (χ1) is 12.8. The van der Waals surface area contributed by atoms with Crippen LogP contribution in [0.25, 0.3) is 0 Å². The van der Waals surface area contributed by atoms with Crippen molar-refractivity contribution in [3.05, 3.63) is 58.6 Å². The number of nitrogens with one attached hydrogen (secondary N) is 3. The van der Waals surface area contributed by atoms with E-state index in [9.17, 15) is 14.4 Å². The Kier molecular flexibility index (Phi) is 6.96. The summed E-state index contributed by atoms with van der Waals surface area (Å²) in [6.07, 6.45) is 0.345. The highest BCUT2D eigenvalue weighted by atomic mass is 35.5. The minimum atomic E-state index is -0.397. The summed E-state index contributed by atoms with van der Waals surface area (Å²) in [5.41, 5.74) is 1.62. The van der Waals surface area contributed by atoms with Crippen LogP contribution in [0.2, 0.25) is 5.02 Å². The van der Waals surface area contributed by atoms with E-state index >= 15 is 0 Å². The quantitative estimate of drug-likeness (QED) is 0.697. The largest absolute Gasteiger partial charge is 0.350 e. The molecule has 2 rings (SSSR count). The van der Waals surface area contributed by atoms with E-state index < -0.39 is 5.91 Å². The number of amides is 3. The van der Waals surface area contributed by atoms with Gasteiger partial charge in [-0.3, -0.25) is 14.4 Å². The predicted molar refractivity (Wildman–Crippen MR) is 107 cm³/mol. The fourth-order valence-electron chi connectivity index (χ4n) is 2.29. The Morgan fingerprint density at radius 3 is 2.33 bits per heavy atom. The average Bonchev–Trinajstić information content (AvgIpc) is 2.63. The molecular formula is C20H22ClN3O3. The average molecular weight is 388 g/mol. The smallest absolute Gasteiger partial charge is 0.255 e. The van der Waals surface area contributed by atoms with Crippen LogP contribution in [-0.2, 0) is 4.79 Å². The van der Waals surface area contributed by atoms with Crippen molar-refractivity contribution in [3.8, 4) is 0 Å². The van der Waals surface area contributed by atoms with Gasteiger partial charge in [0.1, 0.15) is 0 Å². The molecule has 0 saturated heterocycles. The van der Waals surface area contributed by atoms with Gasteiger partial charge in [-0.15, -0.1) is 0 Å². The van der Waals surface area contributed by atoms with Gasteiger partial charge < -0.3 is 16.0 Å². The van der Waals surface area contributed by atoms with E-state index in [1.165, 1.54) is 6.07 Å². The summed E-state index contributed by atoms with van der Waals surface area (Å²) in [6, 6.07) is 11.3. The van der Waals surface area contributed by atoms with Gasteiger partial charge >= 0.3 is 0 Å². The molecule has 3 N–H and O–H groups in total. The van der Waals surface area contributed by atoms with Crippen LogP contribution in [-0.4, -0.2) is 23.8 Å². The first kappa shape index (κ1) is 20.5. The Balaban J connectivity index is 2.19. The van der Waals surface area contributed by atoms with Crippen molar-refractivity contribution in [3.63, 3.8) is 0 Å². The summed E-state index contributed by atoms with van der Waals surface area (Å²) in [5.74, 6) is -0.785. The maximum absolute atomic E-state index is 12.5. The Labute approximate surface area is 163 Å². The number of hydrogen-bond donors (Lipinski definition) is 3. The molecule has 7 heteroatoms. The summed E-state index contributed by atoms with van der Waals surface area (Å²) in [4.78, 5) is 36.2. The number of halogens is 1. The van der Waals surface area contributed by atoms with E-state index in [-0.39, 0.29) is 17.9 Å². The van der Waals surface area contributed by atoms with E-state index in [2.05, 4.69) is 16.0 Å². The molecule has 0 atom stereocenters. The van der Waals surface area contributed by atoms with Gasteiger partial charge in [0.15, 0.2) is 0 Å². The topological polar surface area (TPSA) is 87.3 Å². The Bertz CT molecular complexity index is 865. The van der Waals surface area contributed by atoms with Crippen LogP contribution in [0, 0.1) is 0 Å². The normalized spacial score (nSPS) is 10.4. The molecule has 0 radical (unpaired) electrons. The lowest BCUT2D eigenvalue weighted by atomic mass is 10.1. The monoisotopic (exact) mass is 387 g/mol. The number of hydrogen-bond acceptors (Lipinski definition) is 3. The maximum Gasteiger partial charge on any atom is 0.255 e. The summed E-state index contributed by atoms with van der Waals surface area (Å²) in [5, 5.41) is 8.52. The predicted octanol–water partition coefficient (Wildman–Crippen LogP) is 4.08.